The van der Waals surface area contributed by atoms with Gasteiger partial charge < -0.3 is 15.8 Å². The van der Waals surface area contributed by atoms with Crippen molar-refractivity contribution in [1.29, 1.82) is 0 Å². The average Bonchev–Trinajstić information content (AvgIpc) is 2.11. The van der Waals surface area contributed by atoms with Crippen LogP contribution in [0.25, 0.3) is 0 Å². The lowest BCUT2D eigenvalue weighted by molar-refractivity contribution is -0.124. The molecule has 0 saturated heterocycles. The maximum atomic E-state index is 11.1. The predicted molar refractivity (Wildman–Crippen MR) is 46.5 cm³/mol. The van der Waals surface area contributed by atoms with Crippen LogP contribution in [-0.4, -0.2) is 24.8 Å². The number of carbonyl (C=O) groups is 2. The topological polar surface area (TPSA) is 72.2 Å². The summed E-state index contributed by atoms with van der Waals surface area (Å²) < 4.78 is 0. The van der Waals surface area contributed by atoms with Crippen molar-refractivity contribution in [2.45, 2.75) is 26.3 Å². The smallest absolute Gasteiger partial charge is 0.237 e. The molecule has 1 amide bonds. The summed E-state index contributed by atoms with van der Waals surface area (Å²) in [7, 11) is 0. The summed E-state index contributed by atoms with van der Waals surface area (Å²) in [5, 5.41) is 2.42. The summed E-state index contributed by atoms with van der Waals surface area (Å²) in [5.74, 6) is -0.104. The van der Waals surface area contributed by atoms with Gasteiger partial charge in [-0.3, -0.25) is 4.79 Å². The third-order valence-corrected chi connectivity index (χ3v) is 1.92. The van der Waals surface area contributed by atoms with Crippen molar-refractivity contribution in [1.82, 2.24) is 5.32 Å². The lowest BCUT2D eigenvalue weighted by Crippen LogP contribution is -2.45. The van der Waals surface area contributed by atoms with E-state index < -0.39 is 6.04 Å². The molecule has 0 aliphatic heterocycles. The van der Waals surface area contributed by atoms with Crippen LogP contribution in [0.3, 0.4) is 0 Å². The van der Waals surface area contributed by atoms with Crippen LogP contribution in [0.1, 0.15) is 20.3 Å². The molecular weight excluding hydrogens is 156 g/mol. The fourth-order valence-electron chi connectivity index (χ4n) is 0.772. The Bertz CT molecular complexity index is 159. The van der Waals surface area contributed by atoms with Gasteiger partial charge in [0.2, 0.25) is 5.91 Å². The van der Waals surface area contributed by atoms with Crippen LogP contribution in [0.15, 0.2) is 0 Å². The van der Waals surface area contributed by atoms with Crippen LogP contribution in [0.5, 0.6) is 0 Å². The molecular formula is C8H16N2O2. The van der Waals surface area contributed by atoms with Crippen molar-refractivity contribution in [2.75, 3.05) is 6.54 Å². The molecule has 0 aromatic carbocycles. The molecule has 2 atom stereocenters. The van der Waals surface area contributed by atoms with E-state index in [1.165, 1.54) is 0 Å². The van der Waals surface area contributed by atoms with Crippen LogP contribution < -0.4 is 11.1 Å². The molecule has 0 aromatic rings. The Morgan fingerprint density at radius 1 is 1.67 bits per heavy atom. The molecule has 70 valence electrons. The van der Waals surface area contributed by atoms with E-state index in [2.05, 4.69) is 5.32 Å². The van der Waals surface area contributed by atoms with Crippen LogP contribution in [0.4, 0.5) is 0 Å². The molecule has 0 bridgehead atoms. The van der Waals surface area contributed by atoms with Crippen molar-refractivity contribution in [3.63, 3.8) is 0 Å². The van der Waals surface area contributed by atoms with Gasteiger partial charge in [-0.05, 0) is 5.92 Å². The van der Waals surface area contributed by atoms with Gasteiger partial charge in [-0.1, -0.05) is 20.3 Å². The molecule has 0 aromatic heterocycles. The summed E-state index contributed by atoms with van der Waals surface area (Å²) in [6.07, 6.45) is 1.50. The Labute approximate surface area is 72.5 Å². The number of nitrogens with two attached hydrogens (primary N) is 1. The first-order chi connectivity index (χ1) is 5.63. The van der Waals surface area contributed by atoms with Crippen LogP contribution in [0, 0.1) is 5.92 Å². The highest BCUT2D eigenvalue weighted by atomic mass is 16.2. The second-order valence-corrected chi connectivity index (χ2v) is 2.82. The molecule has 0 radical (unpaired) electrons. The minimum absolute atomic E-state index is 0.0446. The Balaban J connectivity index is 3.83. The van der Waals surface area contributed by atoms with Gasteiger partial charge in [0.25, 0.3) is 0 Å². The zero-order chi connectivity index (χ0) is 9.56. The molecule has 4 heteroatoms. The number of hydrogen-bond acceptors (Lipinski definition) is 3. The standard InChI is InChI=1S/C8H16N2O2/c1-3-6(2)7(9)8(12)10-4-5-11/h5-7H,3-4,9H2,1-2H3,(H,10,12)/t6-,7-/m0/s1. The van der Waals surface area contributed by atoms with E-state index in [1.807, 2.05) is 13.8 Å². The fraction of sp³-hybridized carbons (Fsp3) is 0.750. The number of carbonyl (C=O) groups excluding carboxylic acids is 2. The Morgan fingerprint density at radius 3 is 2.67 bits per heavy atom. The lowest BCUT2D eigenvalue weighted by atomic mass is 9.99. The van der Waals surface area contributed by atoms with Gasteiger partial charge in [0, 0.05) is 0 Å². The quantitative estimate of drug-likeness (QED) is 0.558. The van der Waals surface area contributed by atoms with Gasteiger partial charge in [-0.15, -0.1) is 0 Å². The van der Waals surface area contributed by atoms with Crippen molar-refractivity contribution >= 4 is 12.2 Å². The Hall–Kier alpha value is -0.900. The molecule has 0 unspecified atom stereocenters. The van der Waals surface area contributed by atoms with Gasteiger partial charge in [-0.2, -0.15) is 0 Å². The molecule has 0 aliphatic rings. The van der Waals surface area contributed by atoms with Crippen LogP contribution in [-0.2, 0) is 9.59 Å². The second kappa shape index (κ2) is 5.71. The van der Waals surface area contributed by atoms with E-state index in [9.17, 15) is 9.59 Å². The second-order valence-electron chi connectivity index (χ2n) is 2.82. The zero-order valence-electron chi connectivity index (χ0n) is 7.54. The molecule has 0 fully saturated rings. The first kappa shape index (κ1) is 11.1. The van der Waals surface area contributed by atoms with Gasteiger partial charge in [0.05, 0.1) is 12.6 Å². The summed E-state index contributed by atoms with van der Waals surface area (Å²) >= 11 is 0. The summed E-state index contributed by atoms with van der Waals surface area (Å²) in [4.78, 5) is 21.0. The molecule has 0 saturated carbocycles. The van der Waals surface area contributed by atoms with E-state index in [0.29, 0.717) is 6.29 Å². The molecule has 3 N–H and O–H groups in total. The normalized spacial score (nSPS) is 14.9. The maximum Gasteiger partial charge on any atom is 0.237 e. The highest BCUT2D eigenvalue weighted by Gasteiger charge is 2.18. The molecule has 0 spiro atoms. The minimum Gasteiger partial charge on any atom is -0.348 e. The average molecular weight is 172 g/mol. The highest BCUT2D eigenvalue weighted by Crippen LogP contribution is 2.04. The third-order valence-electron chi connectivity index (χ3n) is 1.92. The first-order valence-electron chi connectivity index (χ1n) is 4.10. The molecule has 0 aliphatic carbocycles. The SMILES string of the molecule is CC[C@H](C)[C@H](N)C(=O)NCC=O. The van der Waals surface area contributed by atoms with E-state index >= 15 is 0 Å². The highest BCUT2D eigenvalue weighted by molar-refractivity contribution is 5.83. The Morgan fingerprint density at radius 2 is 2.25 bits per heavy atom. The van der Waals surface area contributed by atoms with E-state index in [4.69, 9.17) is 5.73 Å². The monoisotopic (exact) mass is 172 g/mol. The molecule has 12 heavy (non-hydrogen) atoms. The van der Waals surface area contributed by atoms with Gasteiger partial charge >= 0.3 is 0 Å². The summed E-state index contributed by atoms with van der Waals surface area (Å²) in [6.45, 7) is 3.92. The molecule has 4 nitrogen and oxygen atoms in total. The van der Waals surface area contributed by atoms with E-state index in [1.54, 1.807) is 0 Å². The Kier molecular flexibility index (Phi) is 5.28. The van der Waals surface area contributed by atoms with Crippen molar-refractivity contribution in [3.8, 4) is 0 Å². The summed E-state index contributed by atoms with van der Waals surface area (Å²) in [6, 6.07) is -0.505. The van der Waals surface area contributed by atoms with Crippen LogP contribution >= 0.6 is 0 Å². The van der Waals surface area contributed by atoms with E-state index in [0.717, 1.165) is 6.42 Å². The number of rotatable bonds is 5. The summed E-state index contributed by atoms with van der Waals surface area (Å²) in [5.41, 5.74) is 5.58. The fourth-order valence-corrected chi connectivity index (χ4v) is 0.772. The van der Waals surface area contributed by atoms with Crippen molar-refractivity contribution < 1.29 is 9.59 Å². The maximum absolute atomic E-state index is 11.1. The van der Waals surface area contributed by atoms with Gasteiger partial charge in [0.15, 0.2) is 0 Å². The number of hydrogen-bond donors (Lipinski definition) is 2. The zero-order valence-corrected chi connectivity index (χ0v) is 7.54. The molecule has 0 rings (SSSR count). The molecule has 0 heterocycles. The van der Waals surface area contributed by atoms with Crippen molar-refractivity contribution in [2.24, 2.45) is 11.7 Å². The first-order valence-corrected chi connectivity index (χ1v) is 4.10. The van der Waals surface area contributed by atoms with Crippen LogP contribution in [0.2, 0.25) is 0 Å². The largest absolute Gasteiger partial charge is 0.348 e. The predicted octanol–water partition coefficient (Wildman–Crippen LogP) is -0.325. The van der Waals surface area contributed by atoms with Crippen molar-refractivity contribution in [3.05, 3.63) is 0 Å². The number of nitrogens with one attached hydrogen (secondary N) is 1. The van der Waals surface area contributed by atoms with Gasteiger partial charge in [-0.25, -0.2) is 0 Å². The van der Waals surface area contributed by atoms with Gasteiger partial charge in [0.1, 0.15) is 6.29 Å². The van der Waals surface area contributed by atoms with E-state index in [-0.39, 0.29) is 18.4 Å². The minimum atomic E-state index is -0.505. The lowest BCUT2D eigenvalue weighted by Gasteiger charge is -2.16. The number of aldehydes is 1. The number of amides is 1. The third kappa shape index (κ3) is 3.48.